The summed E-state index contributed by atoms with van der Waals surface area (Å²) >= 11 is 4.89. The third-order valence-corrected chi connectivity index (χ3v) is 13.1. The molecular formula is C42H53BrN6O9S. The Labute approximate surface area is 356 Å². The molecule has 0 radical (unpaired) electrons. The normalized spacial score (nSPS) is 23.1. The summed E-state index contributed by atoms with van der Waals surface area (Å²) < 4.78 is 18.7. The van der Waals surface area contributed by atoms with Crippen molar-refractivity contribution in [2.45, 2.75) is 110 Å². The van der Waals surface area contributed by atoms with E-state index in [0.29, 0.717) is 43.4 Å². The van der Waals surface area contributed by atoms with Crippen molar-refractivity contribution in [3.05, 3.63) is 40.7 Å². The topological polar surface area (TPSA) is 198 Å². The number of carbonyl (C=O) groups is 5. The van der Waals surface area contributed by atoms with Gasteiger partial charge in [-0.15, -0.1) is 17.9 Å². The van der Waals surface area contributed by atoms with Gasteiger partial charge in [0.1, 0.15) is 47.0 Å². The van der Waals surface area contributed by atoms with Crippen molar-refractivity contribution < 1.29 is 43.3 Å². The minimum atomic E-state index is -1.57. The lowest BCUT2D eigenvalue weighted by atomic mass is 9.81. The van der Waals surface area contributed by atoms with E-state index >= 15 is 0 Å². The lowest BCUT2D eigenvalue weighted by molar-refractivity contribution is -0.147. The molecule has 4 amide bonds. The Morgan fingerprint density at radius 3 is 2.37 bits per heavy atom. The van der Waals surface area contributed by atoms with Crippen LogP contribution in [0.3, 0.4) is 0 Å². The number of amides is 4. The first-order valence-corrected chi connectivity index (χ1v) is 21.4. The molecule has 4 N–H and O–H groups in total. The monoisotopic (exact) mass is 896 g/mol. The second kappa shape index (κ2) is 16.7. The lowest BCUT2D eigenvalue weighted by Gasteiger charge is -2.37. The molecule has 0 spiro atoms. The number of alkyl carbamates (subject to hydrolysis) is 1. The summed E-state index contributed by atoms with van der Waals surface area (Å²) in [6.45, 7) is 16.2. The molecule has 2 aliphatic carbocycles. The van der Waals surface area contributed by atoms with E-state index in [4.69, 9.17) is 19.2 Å². The number of hydrogen-bond donors (Lipinski definition) is 4. The van der Waals surface area contributed by atoms with Crippen molar-refractivity contribution in [3.8, 4) is 22.9 Å². The number of carboxylic acids is 1. The molecule has 59 heavy (non-hydrogen) atoms. The minimum absolute atomic E-state index is 0.0978. The minimum Gasteiger partial charge on any atom is -0.495 e. The van der Waals surface area contributed by atoms with Crippen LogP contribution in [0.1, 0.15) is 80.6 Å². The first-order valence-electron chi connectivity index (χ1n) is 19.8. The molecule has 318 valence electrons. The van der Waals surface area contributed by atoms with Gasteiger partial charge in [-0.1, -0.05) is 54.5 Å². The first-order chi connectivity index (χ1) is 27.7. The van der Waals surface area contributed by atoms with E-state index < -0.39 is 64.4 Å². The van der Waals surface area contributed by atoms with Crippen LogP contribution in [0.15, 0.2) is 40.7 Å². The van der Waals surface area contributed by atoms with Gasteiger partial charge in [0.05, 0.1) is 29.3 Å². The summed E-state index contributed by atoms with van der Waals surface area (Å²) in [5, 5.41) is 21.4. The van der Waals surface area contributed by atoms with Crippen LogP contribution in [-0.2, 0) is 23.9 Å². The van der Waals surface area contributed by atoms with Gasteiger partial charge in [-0.2, -0.15) is 0 Å². The number of hydrogen-bond acceptors (Lipinski definition) is 11. The Morgan fingerprint density at radius 2 is 1.78 bits per heavy atom. The molecule has 3 fully saturated rings. The number of nitrogens with zero attached hydrogens (tertiary/aromatic N) is 3. The number of carboxylic acid groups (broad SMARTS) is 1. The van der Waals surface area contributed by atoms with Crippen molar-refractivity contribution in [2.75, 3.05) is 19.0 Å². The Bertz CT molecular complexity index is 2160. The number of thiazole rings is 1. The largest absolute Gasteiger partial charge is 0.495 e. The van der Waals surface area contributed by atoms with Gasteiger partial charge in [0.25, 0.3) is 0 Å². The van der Waals surface area contributed by atoms with Gasteiger partial charge in [-0.05, 0) is 65.6 Å². The van der Waals surface area contributed by atoms with E-state index in [1.165, 1.54) is 29.4 Å². The molecule has 3 heterocycles. The van der Waals surface area contributed by atoms with E-state index in [1.807, 2.05) is 20.8 Å². The Balaban J connectivity index is 1.40. The Kier molecular flexibility index (Phi) is 12.4. The predicted molar refractivity (Wildman–Crippen MR) is 226 cm³/mol. The molecule has 5 unspecified atom stereocenters. The highest BCUT2D eigenvalue weighted by Gasteiger charge is 2.63. The number of methoxy groups -OCH3 is 1. The van der Waals surface area contributed by atoms with Crippen LogP contribution in [0.5, 0.6) is 11.5 Å². The highest BCUT2D eigenvalue weighted by molar-refractivity contribution is 9.10. The average Bonchev–Trinajstić information content (AvgIpc) is 3.47. The molecule has 1 saturated heterocycles. The lowest BCUT2D eigenvalue weighted by Crippen LogP contribution is -2.61. The highest BCUT2D eigenvalue weighted by atomic mass is 79.9. The van der Waals surface area contributed by atoms with E-state index in [9.17, 15) is 29.1 Å². The number of rotatable bonds is 13. The Hall–Kier alpha value is -4.77. The zero-order valence-electron chi connectivity index (χ0n) is 34.6. The van der Waals surface area contributed by atoms with E-state index in [2.05, 4.69) is 43.4 Å². The van der Waals surface area contributed by atoms with Gasteiger partial charge in [-0.25, -0.2) is 19.6 Å². The van der Waals surface area contributed by atoms with Crippen molar-refractivity contribution in [1.82, 2.24) is 25.5 Å². The summed E-state index contributed by atoms with van der Waals surface area (Å²) in [6, 6.07) is 2.92. The number of aromatic nitrogens is 2. The molecular weight excluding hydrogens is 844 g/mol. The molecule has 6 rings (SSSR count). The first kappa shape index (κ1) is 43.8. The molecule has 1 aromatic carbocycles. The van der Waals surface area contributed by atoms with Gasteiger partial charge >= 0.3 is 12.1 Å². The van der Waals surface area contributed by atoms with E-state index in [-0.39, 0.29) is 30.9 Å². The van der Waals surface area contributed by atoms with Crippen molar-refractivity contribution >= 4 is 73.1 Å². The fourth-order valence-electron chi connectivity index (χ4n) is 7.86. The number of halogens is 1. The average molecular weight is 898 g/mol. The number of benzene rings is 1. The molecule has 15 nitrogen and oxygen atoms in total. The zero-order chi connectivity index (χ0) is 43.2. The molecule has 3 aromatic rings. The van der Waals surface area contributed by atoms with Gasteiger partial charge in [0, 0.05) is 34.1 Å². The molecule has 3 aliphatic rings. The standard InChI is InChI=1S/C42H53BrN6O9S/c1-10-22-18-42(22,37(53)54)48-35(51)33-41(7,8)29(19-49(33)36(52)32(40(4,5)6)46-39(55)57-23-13-11-12-14-23)58-28-17-25(26-20-59-38(45-26)47-34(50)21(2)3)44-31-24(28)15-16-27(56-9)30(31)43/h10,15-17,20-23,29,32-33H,1,11-14,18-19H2,2-9H3,(H,46,55)(H,48,51)(H,53,54)(H,45,47,50). The predicted octanol–water partition coefficient (Wildman–Crippen LogP) is 6.94. The van der Waals surface area contributed by atoms with Gasteiger partial charge < -0.3 is 40.2 Å². The van der Waals surface area contributed by atoms with Crippen LogP contribution >= 0.6 is 27.3 Å². The van der Waals surface area contributed by atoms with Crippen molar-refractivity contribution in [1.29, 1.82) is 0 Å². The third-order valence-electron chi connectivity index (χ3n) is 11.6. The second-order valence-electron chi connectivity index (χ2n) is 17.6. The number of ether oxygens (including phenoxy) is 3. The summed E-state index contributed by atoms with van der Waals surface area (Å²) in [7, 11) is 1.54. The quantitative estimate of drug-likeness (QED) is 0.130. The number of nitrogens with one attached hydrogen (secondary N) is 3. The number of carbonyl (C=O) groups excluding carboxylic acids is 4. The fourth-order valence-corrected chi connectivity index (χ4v) is 9.16. The SMILES string of the molecule is C=CC1CC1(NC(=O)C1N(C(=O)C(NC(=O)OC2CCCC2)C(C)(C)C)CC(Oc2cc(-c3csc(NC(=O)C(C)C)n3)nc3c(Br)c(OC)ccc23)C1(C)C)C(=O)O. The second-order valence-corrected chi connectivity index (χ2v) is 19.2. The highest BCUT2D eigenvalue weighted by Crippen LogP contribution is 2.47. The van der Waals surface area contributed by atoms with E-state index in [0.717, 1.165) is 25.7 Å². The maximum atomic E-state index is 14.9. The van der Waals surface area contributed by atoms with Gasteiger partial charge in [0.2, 0.25) is 17.7 Å². The van der Waals surface area contributed by atoms with Crippen LogP contribution in [0.25, 0.3) is 22.3 Å². The van der Waals surface area contributed by atoms with Gasteiger partial charge in [-0.3, -0.25) is 14.4 Å². The molecule has 2 saturated carbocycles. The molecule has 2 aromatic heterocycles. The maximum absolute atomic E-state index is 14.9. The molecule has 1 aliphatic heterocycles. The summed E-state index contributed by atoms with van der Waals surface area (Å²) in [5.74, 6) is -2.47. The van der Waals surface area contributed by atoms with Crippen molar-refractivity contribution in [2.24, 2.45) is 22.7 Å². The maximum Gasteiger partial charge on any atom is 0.408 e. The molecule has 17 heteroatoms. The van der Waals surface area contributed by atoms with Crippen LogP contribution in [0.2, 0.25) is 0 Å². The Morgan fingerprint density at radius 1 is 1.08 bits per heavy atom. The van der Waals surface area contributed by atoms with Gasteiger partial charge in [0.15, 0.2) is 5.13 Å². The van der Waals surface area contributed by atoms with Crippen LogP contribution in [0, 0.1) is 22.7 Å². The third kappa shape index (κ3) is 8.77. The van der Waals surface area contributed by atoms with Crippen LogP contribution in [-0.4, -0.2) is 93.2 Å². The smallest absolute Gasteiger partial charge is 0.408 e. The zero-order valence-corrected chi connectivity index (χ0v) is 37.0. The summed E-state index contributed by atoms with van der Waals surface area (Å²) in [6.07, 6.45) is 3.23. The van der Waals surface area contributed by atoms with Crippen LogP contribution in [0.4, 0.5) is 9.93 Å². The molecule has 0 bridgehead atoms. The fraction of sp³-hybridized carbons (Fsp3) is 0.548. The van der Waals surface area contributed by atoms with Crippen LogP contribution < -0.4 is 25.4 Å². The number of pyridine rings is 1. The molecule has 5 atom stereocenters. The number of aliphatic carboxylic acids is 1. The number of fused-ring (bicyclic) bond motifs is 1. The number of likely N-dealkylation sites (tertiary alicyclic amines) is 1. The van der Waals surface area contributed by atoms with E-state index in [1.54, 1.807) is 51.3 Å². The number of anilines is 1. The summed E-state index contributed by atoms with van der Waals surface area (Å²) in [4.78, 5) is 78.7. The van der Waals surface area contributed by atoms with Crippen molar-refractivity contribution in [3.63, 3.8) is 0 Å². The summed E-state index contributed by atoms with van der Waals surface area (Å²) in [5.41, 5.74) is -2.16.